The fourth-order valence-corrected chi connectivity index (χ4v) is 2.38. The van der Waals surface area contributed by atoms with Crippen molar-refractivity contribution in [3.8, 4) is 0 Å². The summed E-state index contributed by atoms with van der Waals surface area (Å²) in [5, 5.41) is 0.536. The van der Waals surface area contributed by atoms with Crippen molar-refractivity contribution in [1.82, 2.24) is 4.90 Å². The van der Waals surface area contributed by atoms with Crippen LogP contribution in [0.2, 0.25) is 5.02 Å². The summed E-state index contributed by atoms with van der Waals surface area (Å²) in [5.41, 5.74) is 0.119. The van der Waals surface area contributed by atoms with Gasteiger partial charge in [-0.25, -0.2) is 0 Å². The number of hydrogen-bond donors (Lipinski definition) is 0. The number of nitrogens with zero attached hydrogens (tertiary/aromatic N) is 1. The van der Waals surface area contributed by atoms with Crippen LogP contribution in [-0.2, 0) is 9.59 Å². The Morgan fingerprint density at radius 3 is 2.15 bits per heavy atom. The molecule has 1 fully saturated rings. The lowest BCUT2D eigenvalue weighted by Gasteiger charge is -2.34. The number of benzene rings is 1. The van der Waals surface area contributed by atoms with Gasteiger partial charge in [0.15, 0.2) is 5.78 Å². The second-order valence-electron chi connectivity index (χ2n) is 5.82. The lowest BCUT2D eigenvalue weighted by Crippen LogP contribution is -2.48. The molecule has 0 aromatic heterocycles. The third-order valence-corrected chi connectivity index (χ3v) is 3.58. The average molecular weight is 294 g/mol. The second kappa shape index (κ2) is 5.37. The van der Waals surface area contributed by atoms with Gasteiger partial charge in [0.1, 0.15) is 0 Å². The van der Waals surface area contributed by atoms with Crippen molar-refractivity contribution in [2.45, 2.75) is 26.7 Å². The van der Waals surface area contributed by atoms with Crippen LogP contribution < -0.4 is 0 Å². The van der Waals surface area contributed by atoms with Gasteiger partial charge in [0, 0.05) is 23.4 Å². The van der Waals surface area contributed by atoms with Crippen molar-refractivity contribution in [3.63, 3.8) is 0 Å². The van der Waals surface area contributed by atoms with Crippen molar-refractivity contribution in [2.24, 2.45) is 5.41 Å². The lowest BCUT2D eigenvalue weighted by molar-refractivity contribution is -0.151. The van der Waals surface area contributed by atoms with Crippen LogP contribution in [0.5, 0.6) is 0 Å². The van der Waals surface area contributed by atoms with E-state index in [1.807, 2.05) is 13.8 Å². The number of rotatable bonds is 3. The molecule has 0 bridgehead atoms. The Balaban J connectivity index is 2.10. The quantitative estimate of drug-likeness (QED) is 0.636. The third kappa shape index (κ3) is 3.25. The van der Waals surface area contributed by atoms with E-state index >= 15 is 0 Å². The highest BCUT2D eigenvalue weighted by molar-refractivity contribution is 6.30. The first kappa shape index (κ1) is 14.7. The Bertz CT molecular complexity index is 543. The molecular weight excluding hydrogens is 278 g/mol. The van der Waals surface area contributed by atoms with Gasteiger partial charge in [0.2, 0.25) is 11.8 Å². The maximum absolute atomic E-state index is 12.1. The molecule has 1 aliphatic rings. The third-order valence-electron chi connectivity index (χ3n) is 3.33. The molecule has 0 saturated carbocycles. The summed E-state index contributed by atoms with van der Waals surface area (Å²) in [5.74, 6) is -0.829. The second-order valence-corrected chi connectivity index (χ2v) is 6.26. The monoisotopic (exact) mass is 293 g/mol. The largest absolute Gasteiger partial charge is 0.292 e. The highest BCUT2D eigenvalue weighted by Gasteiger charge is 2.38. The number of carbonyl (C=O) groups is 3. The van der Waals surface area contributed by atoms with E-state index in [1.165, 1.54) is 0 Å². The minimum atomic E-state index is -0.325. The van der Waals surface area contributed by atoms with Crippen LogP contribution >= 0.6 is 11.6 Å². The molecule has 1 heterocycles. The lowest BCUT2D eigenvalue weighted by atomic mass is 9.81. The summed E-state index contributed by atoms with van der Waals surface area (Å²) in [6, 6.07) is 6.40. The molecule has 0 aliphatic carbocycles. The first-order chi connectivity index (χ1) is 9.28. The van der Waals surface area contributed by atoms with Crippen molar-refractivity contribution in [1.29, 1.82) is 0 Å². The molecule has 1 aromatic rings. The fourth-order valence-electron chi connectivity index (χ4n) is 2.26. The van der Waals surface area contributed by atoms with E-state index < -0.39 is 0 Å². The molecule has 1 saturated heterocycles. The summed E-state index contributed by atoms with van der Waals surface area (Å²) < 4.78 is 0. The highest BCUT2D eigenvalue weighted by atomic mass is 35.5. The zero-order valence-corrected chi connectivity index (χ0v) is 12.2. The van der Waals surface area contributed by atoms with Gasteiger partial charge in [0.25, 0.3) is 0 Å². The molecule has 1 aliphatic heterocycles. The Kier molecular flexibility index (Phi) is 3.95. The molecule has 20 heavy (non-hydrogen) atoms. The topological polar surface area (TPSA) is 54.5 Å². The van der Waals surface area contributed by atoms with Crippen molar-refractivity contribution in [3.05, 3.63) is 34.9 Å². The van der Waals surface area contributed by atoms with Crippen LogP contribution in [0.1, 0.15) is 37.0 Å². The maximum atomic E-state index is 12.1. The van der Waals surface area contributed by atoms with Gasteiger partial charge in [-0.2, -0.15) is 0 Å². The van der Waals surface area contributed by atoms with E-state index in [0.29, 0.717) is 10.6 Å². The zero-order chi connectivity index (χ0) is 14.9. The number of Topliss-reactive ketones (excluding diaryl/α,β-unsaturated/α-hetero) is 1. The van der Waals surface area contributed by atoms with Crippen LogP contribution in [-0.4, -0.2) is 29.0 Å². The van der Waals surface area contributed by atoms with E-state index in [-0.39, 0.29) is 42.4 Å². The highest BCUT2D eigenvalue weighted by Crippen LogP contribution is 2.31. The number of amides is 2. The van der Waals surface area contributed by atoms with Gasteiger partial charge in [-0.3, -0.25) is 19.3 Å². The van der Waals surface area contributed by atoms with Crippen LogP contribution in [0, 0.1) is 5.41 Å². The van der Waals surface area contributed by atoms with Gasteiger partial charge in [-0.05, 0) is 29.7 Å². The summed E-state index contributed by atoms with van der Waals surface area (Å²) in [4.78, 5) is 37.1. The number of ketones is 1. The van der Waals surface area contributed by atoms with Gasteiger partial charge in [-0.1, -0.05) is 25.4 Å². The number of hydrogen-bond acceptors (Lipinski definition) is 3. The Morgan fingerprint density at radius 2 is 1.65 bits per heavy atom. The van der Waals surface area contributed by atoms with Crippen LogP contribution in [0.25, 0.3) is 0 Å². The number of imide groups is 1. The van der Waals surface area contributed by atoms with Gasteiger partial charge < -0.3 is 0 Å². The van der Waals surface area contributed by atoms with Crippen molar-refractivity contribution in [2.75, 3.05) is 6.54 Å². The van der Waals surface area contributed by atoms with Crippen molar-refractivity contribution >= 4 is 29.2 Å². The van der Waals surface area contributed by atoms with E-state index in [1.54, 1.807) is 24.3 Å². The molecule has 4 nitrogen and oxygen atoms in total. The first-order valence-electron chi connectivity index (χ1n) is 6.40. The summed E-state index contributed by atoms with van der Waals surface area (Å²) >= 11 is 5.76. The summed E-state index contributed by atoms with van der Waals surface area (Å²) in [7, 11) is 0. The summed E-state index contributed by atoms with van der Waals surface area (Å²) in [6.07, 6.45) is 0.569. The Hall–Kier alpha value is -1.68. The molecular formula is C15H16ClNO3. The standard InChI is InChI=1S/C15H16ClNO3/c1-15(2)7-13(19)17(14(20)8-15)9-12(18)10-3-5-11(16)6-4-10/h3-6H,7-9H2,1-2H3. The van der Waals surface area contributed by atoms with E-state index in [9.17, 15) is 14.4 Å². The predicted molar refractivity (Wildman–Crippen MR) is 75.5 cm³/mol. The number of halogens is 1. The van der Waals surface area contributed by atoms with Crippen molar-refractivity contribution < 1.29 is 14.4 Å². The van der Waals surface area contributed by atoms with Crippen LogP contribution in [0.3, 0.4) is 0 Å². The van der Waals surface area contributed by atoms with Crippen LogP contribution in [0.4, 0.5) is 0 Å². The molecule has 0 N–H and O–H groups in total. The molecule has 5 heteroatoms. The van der Waals surface area contributed by atoms with Gasteiger partial charge in [0.05, 0.1) is 6.54 Å². The smallest absolute Gasteiger partial charge is 0.230 e. The zero-order valence-electron chi connectivity index (χ0n) is 11.5. The minimum absolute atomic E-state index is 0.199. The molecule has 2 rings (SSSR count). The molecule has 0 unspecified atom stereocenters. The summed E-state index contributed by atoms with van der Waals surface area (Å²) in [6.45, 7) is 3.55. The molecule has 1 aromatic carbocycles. The first-order valence-corrected chi connectivity index (χ1v) is 6.78. The van der Waals surface area contributed by atoms with Gasteiger partial charge in [-0.15, -0.1) is 0 Å². The molecule has 2 amide bonds. The average Bonchev–Trinajstić information content (AvgIpc) is 2.33. The van der Waals surface area contributed by atoms with E-state index in [4.69, 9.17) is 11.6 Å². The van der Waals surface area contributed by atoms with E-state index in [0.717, 1.165) is 4.90 Å². The fraction of sp³-hybridized carbons (Fsp3) is 0.400. The Labute approximate surface area is 122 Å². The van der Waals surface area contributed by atoms with Crippen LogP contribution in [0.15, 0.2) is 24.3 Å². The molecule has 106 valence electrons. The van der Waals surface area contributed by atoms with E-state index in [2.05, 4.69) is 0 Å². The SMILES string of the molecule is CC1(C)CC(=O)N(CC(=O)c2ccc(Cl)cc2)C(=O)C1. The molecule has 0 spiro atoms. The normalized spacial score (nSPS) is 18.2. The number of likely N-dealkylation sites (tertiary alicyclic amines) is 1. The minimum Gasteiger partial charge on any atom is -0.292 e. The van der Waals surface area contributed by atoms with Gasteiger partial charge >= 0.3 is 0 Å². The number of carbonyl (C=O) groups excluding carboxylic acids is 3. The number of piperidine rings is 1. The molecule has 0 radical (unpaired) electrons. The predicted octanol–water partition coefficient (Wildman–Crippen LogP) is 2.70. The Morgan fingerprint density at radius 1 is 1.15 bits per heavy atom. The molecule has 0 atom stereocenters. The maximum Gasteiger partial charge on any atom is 0.230 e.